The van der Waals surface area contributed by atoms with Gasteiger partial charge in [-0.25, -0.2) is 4.98 Å². The maximum atomic E-state index is 10.8. The molecule has 1 aromatic heterocycles. The standard InChI is InChI=1S/C11H17N3O2S/c1-4-9(7-17-3)13-11-5-10(14(15)16)8(2)6-12-11/h5-6,9H,4,7H2,1-3H3,(H,12,13). The van der Waals surface area contributed by atoms with Crippen molar-refractivity contribution in [3.63, 3.8) is 0 Å². The van der Waals surface area contributed by atoms with Crippen molar-refractivity contribution in [2.24, 2.45) is 0 Å². The normalized spacial score (nSPS) is 12.2. The molecular weight excluding hydrogens is 238 g/mol. The fraction of sp³-hybridized carbons (Fsp3) is 0.545. The van der Waals surface area contributed by atoms with Gasteiger partial charge in [0.2, 0.25) is 0 Å². The molecule has 1 N–H and O–H groups in total. The van der Waals surface area contributed by atoms with Crippen LogP contribution in [0, 0.1) is 17.0 Å². The molecule has 0 spiro atoms. The Morgan fingerprint density at radius 2 is 2.35 bits per heavy atom. The second-order valence-electron chi connectivity index (χ2n) is 3.82. The molecule has 0 bridgehead atoms. The molecule has 17 heavy (non-hydrogen) atoms. The molecule has 5 nitrogen and oxygen atoms in total. The molecule has 1 atom stereocenters. The van der Waals surface area contributed by atoms with Crippen LogP contribution < -0.4 is 5.32 Å². The molecule has 1 aromatic rings. The number of nitrogens with zero attached hydrogens (tertiary/aromatic N) is 2. The SMILES string of the molecule is CCC(CSC)Nc1cc([N+](=O)[O-])c(C)cn1. The molecule has 6 heteroatoms. The lowest BCUT2D eigenvalue weighted by atomic mass is 10.2. The van der Waals surface area contributed by atoms with E-state index in [2.05, 4.69) is 17.2 Å². The largest absolute Gasteiger partial charge is 0.366 e. The summed E-state index contributed by atoms with van der Waals surface area (Å²) in [6.45, 7) is 3.77. The first kappa shape index (κ1) is 13.8. The van der Waals surface area contributed by atoms with Gasteiger partial charge in [-0.2, -0.15) is 11.8 Å². The molecule has 1 rings (SSSR count). The number of aryl methyl sites for hydroxylation is 1. The average Bonchev–Trinajstić information content (AvgIpc) is 2.30. The number of rotatable bonds is 6. The minimum absolute atomic E-state index is 0.113. The summed E-state index contributed by atoms with van der Waals surface area (Å²) in [5.41, 5.74) is 0.694. The third-order valence-corrected chi connectivity index (χ3v) is 3.22. The summed E-state index contributed by atoms with van der Waals surface area (Å²) >= 11 is 1.74. The van der Waals surface area contributed by atoms with Crippen molar-refractivity contribution in [1.29, 1.82) is 0 Å². The van der Waals surface area contributed by atoms with Gasteiger partial charge in [-0.1, -0.05) is 6.92 Å². The third-order valence-electron chi connectivity index (χ3n) is 2.48. The van der Waals surface area contributed by atoms with Gasteiger partial charge in [-0.05, 0) is 19.6 Å². The van der Waals surface area contributed by atoms with Crippen LogP contribution in [-0.4, -0.2) is 28.0 Å². The minimum Gasteiger partial charge on any atom is -0.366 e. The summed E-state index contributed by atoms with van der Waals surface area (Å²) in [5.74, 6) is 1.53. The predicted molar refractivity (Wildman–Crippen MR) is 71.7 cm³/mol. The molecule has 1 heterocycles. The Bertz CT molecular complexity index is 398. The van der Waals surface area contributed by atoms with Crippen molar-refractivity contribution in [1.82, 2.24) is 4.98 Å². The molecule has 0 aliphatic heterocycles. The van der Waals surface area contributed by atoms with Crippen LogP contribution in [0.15, 0.2) is 12.3 Å². The van der Waals surface area contributed by atoms with Gasteiger partial charge in [0.15, 0.2) is 0 Å². The zero-order valence-electron chi connectivity index (χ0n) is 10.3. The van der Waals surface area contributed by atoms with Gasteiger partial charge in [0.25, 0.3) is 5.69 Å². The van der Waals surface area contributed by atoms with Gasteiger partial charge in [0, 0.05) is 23.6 Å². The van der Waals surface area contributed by atoms with Crippen molar-refractivity contribution < 1.29 is 4.92 Å². The van der Waals surface area contributed by atoms with E-state index in [0.717, 1.165) is 12.2 Å². The van der Waals surface area contributed by atoms with Crippen molar-refractivity contribution in [2.75, 3.05) is 17.3 Å². The van der Waals surface area contributed by atoms with E-state index < -0.39 is 0 Å². The maximum Gasteiger partial charge on any atom is 0.277 e. The number of anilines is 1. The molecular formula is C11H17N3O2S. The Hall–Kier alpha value is -1.30. The van der Waals surface area contributed by atoms with Gasteiger partial charge >= 0.3 is 0 Å². The first-order chi connectivity index (χ1) is 8.08. The highest BCUT2D eigenvalue weighted by molar-refractivity contribution is 7.98. The van der Waals surface area contributed by atoms with E-state index in [1.54, 1.807) is 18.7 Å². The van der Waals surface area contributed by atoms with E-state index in [1.807, 2.05) is 6.26 Å². The first-order valence-electron chi connectivity index (χ1n) is 5.45. The average molecular weight is 255 g/mol. The summed E-state index contributed by atoms with van der Waals surface area (Å²) in [5, 5.41) is 14.0. The Morgan fingerprint density at radius 1 is 1.65 bits per heavy atom. The number of thioether (sulfide) groups is 1. The minimum atomic E-state index is -0.377. The van der Waals surface area contributed by atoms with Crippen LogP contribution in [0.4, 0.5) is 11.5 Å². The molecule has 0 saturated heterocycles. The van der Waals surface area contributed by atoms with Crippen LogP contribution in [0.25, 0.3) is 0 Å². The molecule has 0 fully saturated rings. The summed E-state index contributed by atoms with van der Waals surface area (Å²) in [6.07, 6.45) is 4.53. The van der Waals surface area contributed by atoms with Crippen molar-refractivity contribution in [3.05, 3.63) is 27.9 Å². The molecule has 0 amide bonds. The summed E-state index contributed by atoms with van der Waals surface area (Å²) in [4.78, 5) is 14.6. The summed E-state index contributed by atoms with van der Waals surface area (Å²) < 4.78 is 0. The van der Waals surface area contributed by atoms with Crippen molar-refractivity contribution >= 4 is 23.3 Å². The second kappa shape index (κ2) is 6.44. The molecule has 94 valence electrons. The van der Waals surface area contributed by atoms with Crippen LogP contribution in [0.1, 0.15) is 18.9 Å². The second-order valence-corrected chi connectivity index (χ2v) is 4.73. The Kier molecular flexibility index (Phi) is 5.21. The zero-order valence-corrected chi connectivity index (χ0v) is 11.1. The lowest BCUT2D eigenvalue weighted by Crippen LogP contribution is -2.21. The lowest BCUT2D eigenvalue weighted by Gasteiger charge is -2.16. The fourth-order valence-corrected chi connectivity index (χ4v) is 2.18. The Balaban J connectivity index is 2.84. The van der Waals surface area contributed by atoms with Crippen LogP contribution >= 0.6 is 11.8 Å². The highest BCUT2D eigenvalue weighted by Gasteiger charge is 2.13. The van der Waals surface area contributed by atoms with Crippen LogP contribution in [0.3, 0.4) is 0 Å². The first-order valence-corrected chi connectivity index (χ1v) is 6.84. The lowest BCUT2D eigenvalue weighted by molar-refractivity contribution is -0.385. The van der Waals surface area contributed by atoms with Crippen LogP contribution in [-0.2, 0) is 0 Å². The number of hydrogen-bond acceptors (Lipinski definition) is 5. The van der Waals surface area contributed by atoms with Crippen molar-refractivity contribution in [3.8, 4) is 0 Å². The molecule has 0 radical (unpaired) electrons. The monoisotopic (exact) mass is 255 g/mol. The fourth-order valence-electron chi connectivity index (χ4n) is 1.46. The van der Waals surface area contributed by atoms with Gasteiger partial charge in [-0.3, -0.25) is 10.1 Å². The highest BCUT2D eigenvalue weighted by Crippen LogP contribution is 2.21. The van der Waals surface area contributed by atoms with Crippen LogP contribution in [0.5, 0.6) is 0 Å². The maximum absolute atomic E-state index is 10.8. The quantitative estimate of drug-likeness (QED) is 0.625. The number of nitro groups is 1. The molecule has 0 aliphatic carbocycles. The number of aromatic nitrogens is 1. The number of nitrogens with one attached hydrogen (secondary N) is 1. The van der Waals surface area contributed by atoms with Crippen molar-refractivity contribution in [2.45, 2.75) is 26.3 Å². The molecule has 0 aliphatic rings. The number of pyridine rings is 1. The topological polar surface area (TPSA) is 68.1 Å². The third kappa shape index (κ3) is 3.89. The van der Waals surface area contributed by atoms with E-state index in [9.17, 15) is 10.1 Å². The van der Waals surface area contributed by atoms with E-state index in [-0.39, 0.29) is 10.6 Å². The number of hydrogen-bond donors (Lipinski definition) is 1. The van der Waals surface area contributed by atoms with E-state index in [0.29, 0.717) is 17.4 Å². The van der Waals surface area contributed by atoms with E-state index in [1.165, 1.54) is 12.3 Å². The summed E-state index contributed by atoms with van der Waals surface area (Å²) in [6, 6.07) is 1.79. The molecule has 0 aromatic carbocycles. The zero-order chi connectivity index (χ0) is 12.8. The van der Waals surface area contributed by atoms with E-state index >= 15 is 0 Å². The van der Waals surface area contributed by atoms with E-state index in [4.69, 9.17) is 0 Å². The Labute approximate surface area is 105 Å². The van der Waals surface area contributed by atoms with Gasteiger partial charge in [0.1, 0.15) is 5.82 Å². The highest BCUT2D eigenvalue weighted by atomic mass is 32.2. The van der Waals surface area contributed by atoms with Crippen LogP contribution in [0.2, 0.25) is 0 Å². The Morgan fingerprint density at radius 3 is 2.88 bits per heavy atom. The van der Waals surface area contributed by atoms with Gasteiger partial charge < -0.3 is 5.32 Å². The smallest absolute Gasteiger partial charge is 0.277 e. The predicted octanol–water partition coefficient (Wildman–Crippen LogP) is 2.85. The summed E-state index contributed by atoms with van der Waals surface area (Å²) in [7, 11) is 0. The van der Waals surface area contributed by atoms with Gasteiger partial charge in [-0.15, -0.1) is 0 Å². The van der Waals surface area contributed by atoms with Gasteiger partial charge in [0.05, 0.1) is 11.0 Å². The molecule has 0 saturated carbocycles. The molecule has 1 unspecified atom stereocenters.